The highest BCUT2D eigenvalue weighted by molar-refractivity contribution is 5.28. The molecule has 25 heavy (non-hydrogen) atoms. The summed E-state index contributed by atoms with van der Waals surface area (Å²) in [6, 6.07) is 13.0. The van der Waals surface area contributed by atoms with Crippen LogP contribution in [0.5, 0.6) is 5.75 Å². The Morgan fingerprint density at radius 1 is 1.20 bits per heavy atom. The quantitative estimate of drug-likeness (QED) is 0.826. The Bertz CT molecular complexity index is 680. The number of alkyl halides is 3. The first-order valence-electron chi connectivity index (χ1n) is 8.03. The molecule has 1 aliphatic rings. The van der Waals surface area contributed by atoms with Gasteiger partial charge >= 0.3 is 6.18 Å². The van der Waals surface area contributed by atoms with E-state index in [-0.39, 0.29) is 13.2 Å². The standard InChI is InChI=1S/C18H19F3N2O2/c19-18(20,21)17-12-23(8-9-24-17)11-14-4-3-6-16(10-14)25-13-15-5-1-2-7-22-15/h1-7,10,17H,8-9,11-13H2/t17-/m0/s1. The van der Waals surface area contributed by atoms with E-state index in [2.05, 4.69) is 4.98 Å². The molecule has 1 aromatic heterocycles. The molecular formula is C18H19F3N2O2. The third-order valence-electron chi connectivity index (χ3n) is 3.93. The second kappa shape index (κ2) is 7.84. The lowest BCUT2D eigenvalue weighted by Crippen LogP contribution is -2.48. The number of benzene rings is 1. The van der Waals surface area contributed by atoms with Crippen molar-refractivity contribution < 1.29 is 22.6 Å². The van der Waals surface area contributed by atoms with Gasteiger partial charge in [-0.3, -0.25) is 9.88 Å². The minimum atomic E-state index is -4.33. The predicted molar refractivity (Wildman–Crippen MR) is 86.1 cm³/mol. The Morgan fingerprint density at radius 2 is 2.08 bits per heavy atom. The largest absolute Gasteiger partial charge is 0.487 e. The molecule has 0 amide bonds. The van der Waals surface area contributed by atoms with Crippen molar-refractivity contribution in [2.24, 2.45) is 0 Å². The van der Waals surface area contributed by atoms with Crippen LogP contribution < -0.4 is 4.74 Å². The third-order valence-corrected chi connectivity index (χ3v) is 3.93. The highest BCUT2D eigenvalue weighted by Crippen LogP contribution is 2.26. The Morgan fingerprint density at radius 3 is 2.84 bits per heavy atom. The zero-order valence-electron chi connectivity index (χ0n) is 13.6. The maximum absolute atomic E-state index is 12.8. The summed E-state index contributed by atoms with van der Waals surface area (Å²) in [6.07, 6.45) is -4.35. The van der Waals surface area contributed by atoms with E-state index in [1.807, 2.05) is 42.5 Å². The van der Waals surface area contributed by atoms with E-state index in [1.165, 1.54) is 0 Å². The zero-order chi connectivity index (χ0) is 17.7. The molecule has 7 heteroatoms. The Balaban J connectivity index is 1.58. The van der Waals surface area contributed by atoms with Crippen LogP contribution in [0.15, 0.2) is 48.7 Å². The summed E-state index contributed by atoms with van der Waals surface area (Å²) >= 11 is 0. The number of aromatic nitrogens is 1. The van der Waals surface area contributed by atoms with Crippen LogP contribution in [-0.4, -0.2) is 41.9 Å². The monoisotopic (exact) mass is 352 g/mol. The van der Waals surface area contributed by atoms with Crippen molar-refractivity contribution in [2.75, 3.05) is 19.7 Å². The molecule has 0 N–H and O–H groups in total. The molecule has 0 aliphatic carbocycles. The van der Waals surface area contributed by atoms with Gasteiger partial charge in [-0.1, -0.05) is 18.2 Å². The van der Waals surface area contributed by atoms with Crippen molar-refractivity contribution in [3.05, 3.63) is 59.9 Å². The first-order valence-corrected chi connectivity index (χ1v) is 8.03. The second-order valence-electron chi connectivity index (χ2n) is 5.89. The molecule has 1 atom stereocenters. The van der Waals surface area contributed by atoms with Gasteiger partial charge in [-0.05, 0) is 29.8 Å². The van der Waals surface area contributed by atoms with Gasteiger partial charge in [0.05, 0.1) is 12.3 Å². The summed E-state index contributed by atoms with van der Waals surface area (Å²) in [7, 11) is 0. The van der Waals surface area contributed by atoms with E-state index in [1.54, 1.807) is 11.1 Å². The molecule has 0 radical (unpaired) electrons. The topological polar surface area (TPSA) is 34.6 Å². The van der Waals surface area contributed by atoms with E-state index in [9.17, 15) is 13.2 Å². The molecule has 1 aromatic carbocycles. The van der Waals surface area contributed by atoms with Gasteiger partial charge in [0.25, 0.3) is 0 Å². The minimum Gasteiger partial charge on any atom is -0.487 e. The van der Waals surface area contributed by atoms with E-state index < -0.39 is 12.3 Å². The lowest BCUT2D eigenvalue weighted by atomic mass is 10.1. The van der Waals surface area contributed by atoms with Gasteiger partial charge < -0.3 is 9.47 Å². The van der Waals surface area contributed by atoms with Crippen LogP contribution in [0.4, 0.5) is 13.2 Å². The van der Waals surface area contributed by atoms with Gasteiger partial charge in [-0.2, -0.15) is 13.2 Å². The van der Waals surface area contributed by atoms with Crippen LogP contribution in [0.3, 0.4) is 0 Å². The Hall–Kier alpha value is -2.12. The number of morpholine rings is 1. The molecule has 3 rings (SSSR count). The van der Waals surface area contributed by atoms with Crippen molar-refractivity contribution in [1.82, 2.24) is 9.88 Å². The Kier molecular flexibility index (Phi) is 5.55. The average Bonchev–Trinajstić information content (AvgIpc) is 2.61. The molecule has 4 nitrogen and oxygen atoms in total. The minimum absolute atomic E-state index is 0.0834. The number of pyridine rings is 1. The normalized spacial score (nSPS) is 18.9. The molecule has 1 aliphatic heterocycles. The average molecular weight is 352 g/mol. The number of rotatable bonds is 5. The number of nitrogens with zero attached hydrogens (tertiary/aromatic N) is 2. The van der Waals surface area contributed by atoms with Crippen molar-refractivity contribution >= 4 is 0 Å². The first-order chi connectivity index (χ1) is 12.0. The van der Waals surface area contributed by atoms with Crippen molar-refractivity contribution in [1.29, 1.82) is 0 Å². The highest BCUT2D eigenvalue weighted by atomic mass is 19.4. The number of halogens is 3. The van der Waals surface area contributed by atoms with Crippen LogP contribution in [0.1, 0.15) is 11.3 Å². The molecular weight excluding hydrogens is 333 g/mol. The fraction of sp³-hybridized carbons (Fsp3) is 0.389. The summed E-state index contributed by atoms with van der Waals surface area (Å²) in [6.45, 7) is 1.18. The number of hydrogen-bond acceptors (Lipinski definition) is 4. The molecule has 2 heterocycles. The maximum atomic E-state index is 12.8. The molecule has 1 fully saturated rings. The molecule has 0 unspecified atom stereocenters. The maximum Gasteiger partial charge on any atom is 0.415 e. The SMILES string of the molecule is FC(F)(F)[C@@H]1CN(Cc2cccc(OCc3ccccn3)c2)CCO1. The van der Waals surface area contributed by atoms with Gasteiger partial charge in [0, 0.05) is 25.8 Å². The summed E-state index contributed by atoms with van der Waals surface area (Å²) < 4.78 is 48.9. The fourth-order valence-electron chi connectivity index (χ4n) is 2.68. The molecule has 2 aromatic rings. The first kappa shape index (κ1) is 17.7. The van der Waals surface area contributed by atoms with Crippen molar-refractivity contribution in [3.63, 3.8) is 0 Å². The van der Waals surface area contributed by atoms with Crippen LogP contribution in [0.25, 0.3) is 0 Å². The lowest BCUT2D eigenvalue weighted by molar-refractivity contribution is -0.237. The van der Waals surface area contributed by atoms with E-state index in [0.717, 1.165) is 11.3 Å². The lowest BCUT2D eigenvalue weighted by Gasteiger charge is -2.33. The van der Waals surface area contributed by atoms with Gasteiger partial charge in [-0.25, -0.2) is 0 Å². The van der Waals surface area contributed by atoms with Crippen LogP contribution >= 0.6 is 0 Å². The number of hydrogen-bond donors (Lipinski definition) is 0. The van der Waals surface area contributed by atoms with Crippen LogP contribution in [0, 0.1) is 0 Å². The summed E-state index contributed by atoms with van der Waals surface area (Å²) in [5, 5.41) is 0. The second-order valence-corrected chi connectivity index (χ2v) is 5.89. The predicted octanol–water partition coefficient (Wildman–Crippen LogP) is 3.42. The molecule has 0 spiro atoms. The highest BCUT2D eigenvalue weighted by Gasteiger charge is 2.43. The smallest absolute Gasteiger partial charge is 0.415 e. The zero-order valence-corrected chi connectivity index (χ0v) is 13.6. The van der Waals surface area contributed by atoms with E-state index in [4.69, 9.17) is 9.47 Å². The van der Waals surface area contributed by atoms with Crippen molar-refractivity contribution in [2.45, 2.75) is 25.4 Å². The summed E-state index contributed by atoms with van der Waals surface area (Å²) in [5.41, 5.74) is 1.72. The molecule has 134 valence electrons. The third kappa shape index (κ3) is 5.17. The Labute approximate surface area is 144 Å². The molecule has 0 saturated carbocycles. The number of ether oxygens (including phenoxy) is 2. The van der Waals surface area contributed by atoms with E-state index >= 15 is 0 Å². The van der Waals surface area contributed by atoms with E-state index in [0.29, 0.717) is 25.4 Å². The van der Waals surface area contributed by atoms with Gasteiger partial charge in [0.15, 0.2) is 6.10 Å². The molecule has 0 bridgehead atoms. The van der Waals surface area contributed by atoms with Crippen LogP contribution in [0.2, 0.25) is 0 Å². The summed E-state index contributed by atoms with van der Waals surface area (Å²) in [5.74, 6) is 0.670. The fourth-order valence-corrected chi connectivity index (χ4v) is 2.68. The van der Waals surface area contributed by atoms with Gasteiger partial charge in [-0.15, -0.1) is 0 Å². The van der Waals surface area contributed by atoms with Crippen molar-refractivity contribution in [3.8, 4) is 5.75 Å². The van der Waals surface area contributed by atoms with Crippen LogP contribution in [-0.2, 0) is 17.9 Å². The van der Waals surface area contributed by atoms with Gasteiger partial charge in [0.1, 0.15) is 12.4 Å². The van der Waals surface area contributed by atoms with Gasteiger partial charge in [0.2, 0.25) is 0 Å². The molecule has 1 saturated heterocycles. The summed E-state index contributed by atoms with van der Waals surface area (Å²) in [4.78, 5) is 5.94.